The zero-order chi connectivity index (χ0) is 12.1. The fraction of sp³-hybridized carbons (Fsp3) is 0.700. The molecule has 0 aliphatic carbocycles. The van der Waals surface area contributed by atoms with Gasteiger partial charge in [0.15, 0.2) is 0 Å². The lowest BCUT2D eigenvalue weighted by atomic mass is 9.85. The molecule has 0 bridgehead atoms. The summed E-state index contributed by atoms with van der Waals surface area (Å²) in [5.74, 6) is -1.88. The van der Waals surface area contributed by atoms with Gasteiger partial charge in [-0.1, -0.05) is 0 Å². The highest BCUT2D eigenvalue weighted by Crippen LogP contribution is 2.20. The second-order valence-electron chi connectivity index (χ2n) is 4.01. The van der Waals surface area contributed by atoms with Gasteiger partial charge in [-0.15, -0.1) is 0 Å². The van der Waals surface area contributed by atoms with E-state index in [1.807, 2.05) is 0 Å². The van der Waals surface area contributed by atoms with Gasteiger partial charge in [-0.05, 0) is 33.1 Å². The lowest BCUT2D eigenvalue weighted by molar-refractivity contribution is -0.143. The molecular formula is C10H17NO4. The smallest absolute Gasteiger partial charge is 0.314 e. The Kier molecular flexibility index (Phi) is 4.97. The molecule has 0 atom stereocenters. The second-order valence-corrected chi connectivity index (χ2v) is 4.01. The fourth-order valence-electron chi connectivity index (χ4n) is 1.02. The second kappa shape index (κ2) is 5.48. The molecule has 0 aliphatic rings. The summed E-state index contributed by atoms with van der Waals surface area (Å²) in [6, 6.07) is 0. The van der Waals surface area contributed by atoms with Crippen LogP contribution in [-0.2, 0) is 9.59 Å². The summed E-state index contributed by atoms with van der Waals surface area (Å²) in [5.41, 5.74) is -1.01. The monoisotopic (exact) mass is 215 g/mol. The molecule has 0 amide bonds. The van der Waals surface area contributed by atoms with Crippen molar-refractivity contribution in [3.8, 4) is 0 Å². The predicted molar refractivity (Wildman–Crippen MR) is 55.2 cm³/mol. The Bertz CT molecular complexity index is 271. The van der Waals surface area contributed by atoms with Crippen LogP contribution in [-0.4, -0.2) is 27.9 Å². The van der Waals surface area contributed by atoms with E-state index in [2.05, 4.69) is 0 Å². The van der Waals surface area contributed by atoms with Crippen molar-refractivity contribution in [2.45, 2.75) is 39.5 Å². The first-order valence-corrected chi connectivity index (χ1v) is 4.81. The number of nitrogens with one attached hydrogen (secondary N) is 1. The summed E-state index contributed by atoms with van der Waals surface area (Å²) in [6.07, 6.45) is 1.43. The van der Waals surface area contributed by atoms with Gasteiger partial charge in [0.1, 0.15) is 0 Å². The first-order chi connectivity index (χ1) is 6.78. The standard InChI is InChI=1S/C10H17NO4/c1-10(2,9(14)15)7(11)5-3-4-6-8(12)13/h11H,3-6H2,1-2H3,(H,12,13)(H,14,15). The van der Waals surface area contributed by atoms with Crippen LogP contribution in [0.25, 0.3) is 0 Å². The molecule has 0 saturated carbocycles. The first kappa shape index (κ1) is 13.6. The number of carboxylic acids is 2. The number of carbonyl (C=O) groups is 2. The molecule has 0 radical (unpaired) electrons. The highest BCUT2D eigenvalue weighted by Gasteiger charge is 2.31. The van der Waals surface area contributed by atoms with E-state index in [1.54, 1.807) is 0 Å². The van der Waals surface area contributed by atoms with Crippen molar-refractivity contribution < 1.29 is 19.8 Å². The minimum absolute atomic E-state index is 0.0702. The first-order valence-electron chi connectivity index (χ1n) is 4.81. The van der Waals surface area contributed by atoms with Gasteiger partial charge in [-0.2, -0.15) is 0 Å². The maximum atomic E-state index is 10.8. The molecule has 5 nitrogen and oxygen atoms in total. The summed E-state index contributed by atoms with van der Waals surface area (Å²) in [5, 5.41) is 24.8. The van der Waals surface area contributed by atoms with E-state index in [0.29, 0.717) is 19.3 Å². The summed E-state index contributed by atoms with van der Waals surface area (Å²) in [4.78, 5) is 21.0. The molecule has 0 fully saturated rings. The average Bonchev–Trinajstić information content (AvgIpc) is 2.11. The van der Waals surface area contributed by atoms with Gasteiger partial charge < -0.3 is 15.6 Å². The number of aliphatic carboxylic acids is 2. The molecule has 0 aromatic carbocycles. The van der Waals surface area contributed by atoms with Crippen molar-refractivity contribution in [1.29, 1.82) is 5.41 Å². The van der Waals surface area contributed by atoms with E-state index >= 15 is 0 Å². The lowest BCUT2D eigenvalue weighted by Crippen LogP contribution is -2.32. The zero-order valence-corrected chi connectivity index (χ0v) is 9.04. The van der Waals surface area contributed by atoms with E-state index < -0.39 is 17.4 Å². The molecule has 0 aliphatic heterocycles. The molecular weight excluding hydrogens is 198 g/mol. The van der Waals surface area contributed by atoms with Crippen LogP contribution in [0.4, 0.5) is 0 Å². The van der Waals surface area contributed by atoms with Gasteiger partial charge >= 0.3 is 11.9 Å². The normalized spacial score (nSPS) is 11.1. The molecule has 86 valence electrons. The third-order valence-electron chi connectivity index (χ3n) is 2.36. The highest BCUT2D eigenvalue weighted by atomic mass is 16.4. The van der Waals surface area contributed by atoms with Crippen LogP contribution in [0.15, 0.2) is 0 Å². The van der Waals surface area contributed by atoms with Gasteiger partial charge in [-0.25, -0.2) is 0 Å². The number of unbranched alkanes of at least 4 members (excludes halogenated alkanes) is 1. The van der Waals surface area contributed by atoms with E-state index in [4.69, 9.17) is 15.6 Å². The minimum Gasteiger partial charge on any atom is -0.481 e. The SMILES string of the molecule is CC(C)(C(=N)CCCCC(=O)O)C(=O)O. The van der Waals surface area contributed by atoms with E-state index in [9.17, 15) is 9.59 Å². The third kappa shape index (κ3) is 4.58. The van der Waals surface area contributed by atoms with Crippen molar-refractivity contribution in [1.82, 2.24) is 0 Å². The largest absolute Gasteiger partial charge is 0.481 e. The Hall–Kier alpha value is -1.39. The lowest BCUT2D eigenvalue weighted by Gasteiger charge is -2.20. The van der Waals surface area contributed by atoms with Crippen LogP contribution in [0.2, 0.25) is 0 Å². The van der Waals surface area contributed by atoms with Crippen molar-refractivity contribution in [2.24, 2.45) is 5.41 Å². The van der Waals surface area contributed by atoms with Crippen molar-refractivity contribution in [3.63, 3.8) is 0 Å². The quantitative estimate of drug-likeness (QED) is 0.445. The molecule has 0 unspecified atom stereocenters. The van der Waals surface area contributed by atoms with Crippen LogP contribution in [0.1, 0.15) is 39.5 Å². The minimum atomic E-state index is -1.15. The molecule has 3 N–H and O–H groups in total. The van der Waals surface area contributed by atoms with Crippen LogP contribution < -0.4 is 0 Å². The summed E-state index contributed by atoms with van der Waals surface area (Å²) < 4.78 is 0. The maximum Gasteiger partial charge on any atom is 0.314 e. The number of hydrogen-bond acceptors (Lipinski definition) is 3. The Labute approximate surface area is 88.6 Å². The molecule has 15 heavy (non-hydrogen) atoms. The van der Waals surface area contributed by atoms with Crippen molar-refractivity contribution in [2.75, 3.05) is 0 Å². The van der Waals surface area contributed by atoms with E-state index in [1.165, 1.54) is 13.8 Å². The molecule has 5 heteroatoms. The number of rotatable bonds is 7. The van der Waals surface area contributed by atoms with Crippen molar-refractivity contribution in [3.05, 3.63) is 0 Å². The fourth-order valence-corrected chi connectivity index (χ4v) is 1.02. The van der Waals surface area contributed by atoms with Crippen LogP contribution >= 0.6 is 0 Å². The summed E-state index contributed by atoms with van der Waals surface area (Å²) in [7, 11) is 0. The number of hydrogen-bond donors (Lipinski definition) is 3. The molecule has 0 aromatic rings. The molecule has 0 aromatic heterocycles. The number of carboxylic acid groups (broad SMARTS) is 2. The molecule has 0 heterocycles. The topological polar surface area (TPSA) is 98.5 Å². The van der Waals surface area contributed by atoms with Crippen LogP contribution in [0.5, 0.6) is 0 Å². The summed E-state index contributed by atoms with van der Waals surface area (Å²) >= 11 is 0. The predicted octanol–water partition coefficient (Wildman–Crippen LogP) is 1.76. The van der Waals surface area contributed by atoms with Gasteiger partial charge in [0, 0.05) is 12.1 Å². The third-order valence-corrected chi connectivity index (χ3v) is 2.36. The van der Waals surface area contributed by atoms with E-state index in [0.717, 1.165) is 0 Å². The Morgan fingerprint density at radius 2 is 1.60 bits per heavy atom. The Balaban J connectivity index is 3.94. The zero-order valence-electron chi connectivity index (χ0n) is 9.04. The van der Waals surface area contributed by atoms with Gasteiger partial charge in [0.05, 0.1) is 5.41 Å². The van der Waals surface area contributed by atoms with Crippen LogP contribution in [0.3, 0.4) is 0 Å². The Morgan fingerprint density at radius 3 is 2.00 bits per heavy atom. The highest BCUT2D eigenvalue weighted by molar-refractivity contribution is 6.03. The van der Waals surface area contributed by atoms with Crippen molar-refractivity contribution >= 4 is 17.7 Å². The average molecular weight is 215 g/mol. The van der Waals surface area contributed by atoms with Gasteiger partial charge in [-0.3, -0.25) is 9.59 Å². The van der Waals surface area contributed by atoms with Crippen LogP contribution in [0, 0.1) is 10.8 Å². The molecule has 0 saturated heterocycles. The molecule has 0 rings (SSSR count). The van der Waals surface area contributed by atoms with E-state index in [-0.39, 0.29) is 12.1 Å². The van der Waals surface area contributed by atoms with Gasteiger partial charge in [0.2, 0.25) is 0 Å². The maximum absolute atomic E-state index is 10.8. The summed E-state index contributed by atoms with van der Waals surface area (Å²) in [6.45, 7) is 2.96. The van der Waals surface area contributed by atoms with Gasteiger partial charge in [0.25, 0.3) is 0 Å². The Morgan fingerprint density at radius 1 is 1.13 bits per heavy atom. The molecule has 0 spiro atoms.